The number of guanidine groups is 1. The first-order valence-corrected chi connectivity index (χ1v) is 9.18. The molecule has 6 nitrogen and oxygen atoms in total. The average Bonchev–Trinajstić information content (AvgIpc) is 3.21. The molecule has 0 heterocycles. The number of hydrogen-bond donors (Lipinski definition) is 2. The molecule has 2 N–H and O–H groups in total. The molecule has 2 saturated carbocycles. The number of aliphatic imine (C=N–C) groups is 1. The second-order valence-electron chi connectivity index (χ2n) is 7.30. The van der Waals surface area contributed by atoms with E-state index in [9.17, 15) is 10.1 Å². The molecule has 1 amide bonds. The lowest BCUT2D eigenvalue weighted by atomic mass is 9.85. The maximum Gasteiger partial charge on any atom is 0.230 e. The van der Waals surface area contributed by atoms with Crippen molar-refractivity contribution in [3.63, 3.8) is 0 Å². The molecule has 0 bridgehead atoms. The van der Waals surface area contributed by atoms with E-state index < -0.39 is 0 Å². The third-order valence-electron chi connectivity index (χ3n) is 5.31. The molecule has 2 unspecified atom stereocenters. The highest BCUT2D eigenvalue weighted by Crippen LogP contribution is 2.39. The van der Waals surface area contributed by atoms with Gasteiger partial charge in [-0.25, -0.2) is 0 Å². The van der Waals surface area contributed by atoms with Crippen molar-refractivity contribution < 1.29 is 4.79 Å². The largest absolute Gasteiger partial charge is 0.357 e. The molecule has 2 atom stereocenters. The topological polar surface area (TPSA) is 80.5 Å². The van der Waals surface area contributed by atoms with Crippen molar-refractivity contribution in [2.75, 3.05) is 27.2 Å². The number of hydrogen-bond acceptors (Lipinski definition) is 3. The molecule has 2 rings (SSSR count). The Bertz CT molecular complexity index is 508. The van der Waals surface area contributed by atoms with Crippen LogP contribution in [0.2, 0.25) is 0 Å². The Hall–Kier alpha value is -1.04. The summed E-state index contributed by atoms with van der Waals surface area (Å²) in [4.78, 5) is 19.1. The highest BCUT2D eigenvalue weighted by Gasteiger charge is 2.42. The second-order valence-corrected chi connectivity index (χ2v) is 7.30. The Balaban J connectivity index is 0.00000312. The van der Waals surface area contributed by atoms with E-state index in [4.69, 9.17) is 4.99 Å². The van der Waals surface area contributed by atoms with E-state index in [0.29, 0.717) is 6.54 Å². The second kappa shape index (κ2) is 10.2. The monoisotopic (exact) mass is 461 g/mol. The van der Waals surface area contributed by atoms with Crippen molar-refractivity contribution in [3.05, 3.63) is 0 Å². The molecule has 2 aliphatic rings. The van der Waals surface area contributed by atoms with Crippen LogP contribution in [0.5, 0.6) is 0 Å². The van der Waals surface area contributed by atoms with Gasteiger partial charge in [-0.15, -0.1) is 24.0 Å². The summed E-state index contributed by atoms with van der Waals surface area (Å²) in [6.07, 6.45) is 7.06. The van der Waals surface area contributed by atoms with Crippen LogP contribution in [0.3, 0.4) is 0 Å². The van der Waals surface area contributed by atoms with Crippen molar-refractivity contribution in [2.24, 2.45) is 16.3 Å². The first-order chi connectivity index (χ1) is 11.5. The smallest absolute Gasteiger partial charge is 0.230 e. The van der Waals surface area contributed by atoms with Gasteiger partial charge in [0.1, 0.15) is 0 Å². The number of nitrogens with zero attached hydrogens (tertiary/aromatic N) is 3. The van der Waals surface area contributed by atoms with Crippen LogP contribution >= 0.6 is 24.0 Å². The van der Waals surface area contributed by atoms with Gasteiger partial charge in [-0.1, -0.05) is 12.8 Å². The highest BCUT2D eigenvalue weighted by molar-refractivity contribution is 14.0. The molecule has 0 aromatic heterocycles. The molecule has 2 fully saturated rings. The molecule has 25 heavy (non-hydrogen) atoms. The summed E-state index contributed by atoms with van der Waals surface area (Å²) in [7, 11) is 3.65. The lowest BCUT2D eigenvalue weighted by Gasteiger charge is -2.29. The third kappa shape index (κ3) is 5.47. The van der Waals surface area contributed by atoms with Gasteiger partial charge in [0.15, 0.2) is 5.96 Å². The zero-order valence-electron chi connectivity index (χ0n) is 15.7. The van der Waals surface area contributed by atoms with Crippen LogP contribution in [0, 0.1) is 22.7 Å². The van der Waals surface area contributed by atoms with Crippen LogP contribution in [-0.4, -0.2) is 50.0 Å². The molecular formula is C18H32IN5O. The van der Waals surface area contributed by atoms with E-state index in [-0.39, 0.29) is 47.3 Å². The van der Waals surface area contributed by atoms with Gasteiger partial charge in [-0.3, -0.25) is 9.79 Å². The molecule has 0 aromatic rings. The maximum absolute atomic E-state index is 12.7. The molecule has 142 valence electrons. The van der Waals surface area contributed by atoms with Crippen LogP contribution in [0.4, 0.5) is 0 Å². The lowest BCUT2D eigenvalue weighted by Crippen LogP contribution is -2.46. The minimum absolute atomic E-state index is 0. The van der Waals surface area contributed by atoms with E-state index in [0.717, 1.165) is 57.5 Å². The summed E-state index contributed by atoms with van der Waals surface area (Å²) < 4.78 is 0. The highest BCUT2D eigenvalue weighted by atomic mass is 127. The minimum atomic E-state index is -0.351. The zero-order valence-corrected chi connectivity index (χ0v) is 18.0. The van der Waals surface area contributed by atoms with Crippen molar-refractivity contribution in [3.8, 4) is 6.07 Å². The van der Waals surface area contributed by atoms with Crippen LogP contribution in [-0.2, 0) is 4.79 Å². The van der Waals surface area contributed by atoms with Crippen molar-refractivity contribution >= 4 is 35.8 Å². The fourth-order valence-electron chi connectivity index (χ4n) is 3.98. The normalized spacial score (nSPS) is 25.0. The molecular weight excluding hydrogens is 429 g/mol. The van der Waals surface area contributed by atoms with Gasteiger partial charge in [-0.05, 0) is 39.0 Å². The van der Waals surface area contributed by atoms with E-state index in [1.807, 2.05) is 21.0 Å². The molecule has 7 heteroatoms. The van der Waals surface area contributed by atoms with Crippen molar-refractivity contribution in [1.29, 1.82) is 5.26 Å². The Morgan fingerprint density at radius 1 is 1.28 bits per heavy atom. The first-order valence-electron chi connectivity index (χ1n) is 9.18. The number of nitriles is 1. The molecule has 0 aliphatic heterocycles. The SMILES string of the molecule is CCNC(=NCC1(C(=O)N(C)C)CCCC1)NC1CCCC1C#N.I. The Labute approximate surface area is 168 Å². The first kappa shape index (κ1) is 22.0. The summed E-state index contributed by atoms with van der Waals surface area (Å²) in [6.45, 7) is 3.32. The Kier molecular flexibility index (Phi) is 8.97. The number of rotatable bonds is 5. The summed E-state index contributed by atoms with van der Waals surface area (Å²) in [6, 6.07) is 2.56. The minimum Gasteiger partial charge on any atom is -0.357 e. The summed E-state index contributed by atoms with van der Waals surface area (Å²) in [5, 5.41) is 15.9. The van der Waals surface area contributed by atoms with E-state index in [1.54, 1.807) is 4.90 Å². The molecule has 0 saturated heterocycles. The van der Waals surface area contributed by atoms with Gasteiger partial charge in [0.25, 0.3) is 0 Å². The van der Waals surface area contributed by atoms with Gasteiger partial charge in [0.2, 0.25) is 5.91 Å². The van der Waals surface area contributed by atoms with E-state index in [1.165, 1.54) is 0 Å². The number of halogens is 1. The predicted octanol–water partition coefficient (Wildman–Crippen LogP) is 2.50. The summed E-state index contributed by atoms with van der Waals surface area (Å²) in [5.74, 6) is 0.982. The van der Waals surface area contributed by atoms with Gasteiger partial charge in [-0.2, -0.15) is 5.26 Å². The summed E-state index contributed by atoms with van der Waals surface area (Å²) in [5.41, 5.74) is -0.351. The average molecular weight is 461 g/mol. The van der Waals surface area contributed by atoms with E-state index >= 15 is 0 Å². The standard InChI is InChI=1S/C18H31N5O.HI/c1-4-20-17(22-15-9-7-8-14(15)12-19)21-13-18(10-5-6-11-18)16(24)23(2)3;/h14-15H,4-11,13H2,1-3H3,(H2,20,21,22);1H. The van der Waals surface area contributed by atoms with Crippen LogP contribution in [0.15, 0.2) is 4.99 Å². The molecule has 0 radical (unpaired) electrons. The molecule has 0 spiro atoms. The number of nitrogens with one attached hydrogen (secondary N) is 2. The third-order valence-corrected chi connectivity index (χ3v) is 5.31. The summed E-state index contributed by atoms with van der Waals surface area (Å²) >= 11 is 0. The van der Waals surface area contributed by atoms with Gasteiger partial charge in [0, 0.05) is 26.7 Å². The zero-order chi connectivity index (χ0) is 17.6. The van der Waals surface area contributed by atoms with Crippen molar-refractivity contribution in [2.45, 2.75) is 57.9 Å². The van der Waals surface area contributed by atoms with Gasteiger partial charge in [0.05, 0.1) is 23.9 Å². The van der Waals surface area contributed by atoms with Gasteiger partial charge >= 0.3 is 0 Å². The van der Waals surface area contributed by atoms with Crippen LogP contribution in [0.1, 0.15) is 51.9 Å². The quantitative estimate of drug-likeness (QED) is 0.375. The number of carbonyl (C=O) groups excluding carboxylic acids is 1. The maximum atomic E-state index is 12.7. The van der Waals surface area contributed by atoms with E-state index in [2.05, 4.69) is 16.7 Å². The number of amides is 1. The van der Waals surface area contributed by atoms with Gasteiger partial charge < -0.3 is 15.5 Å². The Morgan fingerprint density at radius 3 is 2.52 bits per heavy atom. The lowest BCUT2D eigenvalue weighted by molar-refractivity contribution is -0.138. The molecule has 2 aliphatic carbocycles. The fourth-order valence-corrected chi connectivity index (χ4v) is 3.98. The predicted molar refractivity (Wildman–Crippen MR) is 111 cm³/mol. The Morgan fingerprint density at radius 2 is 1.96 bits per heavy atom. The molecule has 0 aromatic carbocycles. The van der Waals surface area contributed by atoms with Crippen LogP contribution < -0.4 is 10.6 Å². The fraction of sp³-hybridized carbons (Fsp3) is 0.833. The van der Waals surface area contributed by atoms with Crippen LogP contribution in [0.25, 0.3) is 0 Å². The number of carbonyl (C=O) groups is 1. The van der Waals surface area contributed by atoms with Crippen molar-refractivity contribution in [1.82, 2.24) is 15.5 Å².